The summed E-state index contributed by atoms with van der Waals surface area (Å²) < 4.78 is 0. The van der Waals surface area contributed by atoms with Crippen LogP contribution in [0.1, 0.15) is 11.1 Å². The second kappa shape index (κ2) is 6.55. The minimum Gasteiger partial charge on any atom is -0.271 e. The lowest BCUT2D eigenvalue weighted by molar-refractivity contribution is 0.522. The molecule has 0 aromatic heterocycles. The minimum absolute atomic E-state index is 0.187. The quantitative estimate of drug-likeness (QED) is 0.641. The van der Waals surface area contributed by atoms with Gasteiger partial charge in [-0.15, -0.1) is 0 Å². The van der Waals surface area contributed by atoms with Crippen LogP contribution < -0.4 is 11.3 Å². The van der Waals surface area contributed by atoms with Gasteiger partial charge in [-0.2, -0.15) is 0 Å². The molecule has 0 aliphatic rings. The predicted octanol–water partition coefficient (Wildman–Crippen LogP) is 2.96. The van der Waals surface area contributed by atoms with Gasteiger partial charge in [0.25, 0.3) is 0 Å². The van der Waals surface area contributed by atoms with Crippen molar-refractivity contribution < 1.29 is 0 Å². The van der Waals surface area contributed by atoms with Crippen molar-refractivity contribution in [1.29, 1.82) is 0 Å². The normalized spacial score (nSPS) is 12.3. The Labute approximate surface area is 113 Å². The van der Waals surface area contributed by atoms with Crippen molar-refractivity contribution in [3.8, 4) is 0 Å². The van der Waals surface area contributed by atoms with Gasteiger partial charge in [0.15, 0.2) is 0 Å². The van der Waals surface area contributed by atoms with Crippen LogP contribution in [0.5, 0.6) is 0 Å². The van der Waals surface area contributed by atoms with Crippen molar-refractivity contribution in [2.24, 2.45) is 5.84 Å². The van der Waals surface area contributed by atoms with Gasteiger partial charge in [0.1, 0.15) is 0 Å². The Morgan fingerprint density at radius 1 is 0.944 bits per heavy atom. The largest absolute Gasteiger partial charge is 0.271 e. The van der Waals surface area contributed by atoms with Crippen LogP contribution in [0.2, 0.25) is 5.02 Å². The molecule has 1 unspecified atom stereocenters. The van der Waals surface area contributed by atoms with Crippen molar-refractivity contribution in [1.82, 2.24) is 5.43 Å². The highest BCUT2D eigenvalue weighted by molar-refractivity contribution is 6.31. The van der Waals surface area contributed by atoms with E-state index in [-0.39, 0.29) is 6.04 Å². The molecule has 0 saturated heterocycles. The number of rotatable bonds is 5. The first-order valence-electron chi connectivity index (χ1n) is 6.03. The molecule has 2 rings (SSSR count). The Morgan fingerprint density at radius 3 is 2.28 bits per heavy atom. The zero-order chi connectivity index (χ0) is 12.8. The highest BCUT2D eigenvalue weighted by Gasteiger charge is 2.10. The van der Waals surface area contributed by atoms with E-state index in [1.54, 1.807) is 0 Å². The van der Waals surface area contributed by atoms with Crippen LogP contribution in [-0.2, 0) is 12.8 Å². The summed E-state index contributed by atoms with van der Waals surface area (Å²) in [5.74, 6) is 5.63. The fraction of sp³-hybridized carbons (Fsp3) is 0.200. The van der Waals surface area contributed by atoms with Crippen LogP contribution >= 0.6 is 11.6 Å². The van der Waals surface area contributed by atoms with Crippen molar-refractivity contribution in [3.05, 3.63) is 70.7 Å². The van der Waals surface area contributed by atoms with Gasteiger partial charge in [0.05, 0.1) is 0 Å². The molecule has 1 atom stereocenters. The Balaban J connectivity index is 2.04. The first-order valence-corrected chi connectivity index (χ1v) is 6.41. The summed E-state index contributed by atoms with van der Waals surface area (Å²) in [6.45, 7) is 0. The molecule has 0 bridgehead atoms. The molecule has 0 aliphatic carbocycles. The molecular formula is C15H17ClN2. The second-order valence-electron chi connectivity index (χ2n) is 4.35. The summed E-state index contributed by atoms with van der Waals surface area (Å²) in [7, 11) is 0. The minimum atomic E-state index is 0.187. The highest BCUT2D eigenvalue weighted by atomic mass is 35.5. The van der Waals surface area contributed by atoms with Crippen LogP contribution in [0.15, 0.2) is 54.6 Å². The predicted molar refractivity (Wildman–Crippen MR) is 76.4 cm³/mol. The van der Waals surface area contributed by atoms with E-state index in [4.69, 9.17) is 17.4 Å². The topological polar surface area (TPSA) is 38.0 Å². The Morgan fingerprint density at radius 2 is 1.61 bits per heavy atom. The molecule has 0 heterocycles. The first kappa shape index (κ1) is 13.1. The number of benzene rings is 2. The first-order chi connectivity index (χ1) is 8.79. The monoisotopic (exact) mass is 260 g/mol. The Kier molecular flexibility index (Phi) is 4.76. The fourth-order valence-electron chi connectivity index (χ4n) is 2.02. The van der Waals surface area contributed by atoms with Crippen LogP contribution in [0.25, 0.3) is 0 Å². The average Bonchev–Trinajstić information content (AvgIpc) is 2.41. The van der Waals surface area contributed by atoms with E-state index < -0.39 is 0 Å². The molecule has 0 aliphatic heterocycles. The lowest BCUT2D eigenvalue weighted by Crippen LogP contribution is -2.38. The molecule has 3 heteroatoms. The van der Waals surface area contributed by atoms with Crippen molar-refractivity contribution in [2.75, 3.05) is 0 Å². The average molecular weight is 261 g/mol. The lowest BCUT2D eigenvalue weighted by atomic mass is 9.99. The van der Waals surface area contributed by atoms with Crippen LogP contribution in [0.4, 0.5) is 0 Å². The highest BCUT2D eigenvalue weighted by Crippen LogP contribution is 2.17. The summed E-state index contributed by atoms with van der Waals surface area (Å²) in [6, 6.07) is 18.4. The van der Waals surface area contributed by atoms with E-state index >= 15 is 0 Å². The molecule has 2 nitrogen and oxygen atoms in total. The Hall–Kier alpha value is -1.35. The molecular weight excluding hydrogens is 244 g/mol. The van der Waals surface area contributed by atoms with Gasteiger partial charge in [-0.3, -0.25) is 11.3 Å². The second-order valence-corrected chi connectivity index (χ2v) is 4.76. The molecule has 0 radical (unpaired) electrons. The maximum absolute atomic E-state index is 6.16. The van der Waals surface area contributed by atoms with Crippen molar-refractivity contribution in [3.63, 3.8) is 0 Å². The molecule has 94 valence electrons. The number of nitrogens with two attached hydrogens (primary N) is 1. The molecule has 18 heavy (non-hydrogen) atoms. The zero-order valence-electron chi connectivity index (χ0n) is 10.1. The summed E-state index contributed by atoms with van der Waals surface area (Å²) in [4.78, 5) is 0. The van der Waals surface area contributed by atoms with Crippen LogP contribution in [0.3, 0.4) is 0 Å². The van der Waals surface area contributed by atoms with E-state index in [2.05, 4.69) is 17.6 Å². The van der Waals surface area contributed by atoms with Crippen molar-refractivity contribution in [2.45, 2.75) is 18.9 Å². The van der Waals surface area contributed by atoms with Gasteiger partial charge < -0.3 is 0 Å². The third-order valence-electron chi connectivity index (χ3n) is 2.98. The lowest BCUT2D eigenvalue weighted by Gasteiger charge is -2.16. The SMILES string of the molecule is NNC(Cc1ccccc1)Cc1ccccc1Cl. The smallest absolute Gasteiger partial charge is 0.0438 e. The zero-order valence-corrected chi connectivity index (χ0v) is 10.9. The number of nitrogens with one attached hydrogen (secondary N) is 1. The molecule has 0 spiro atoms. The van der Waals surface area contributed by atoms with Gasteiger partial charge in [-0.1, -0.05) is 60.1 Å². The van der Waals surface area contributed by atoms with E-state index in [0.717, 1.165) is 23.4 Å². The summed E-state index contributed by atoms with van der Waals surface area (Å²) in [5, 5.41) is 0.797. The van der Waals surface area contributed by atoms with Gasteiger partial charge in [-0.25, -0.2) is 0 Å². The van der Waals surface area contributed by atoms with Crippen molar-refractivity contribution >= 4 is 11.6 Å². The third kappa shape index (κ3) is 3.57. The van der Waals surface area contributed by atoms with Gasteiger partial charge in [0.2, 0.25) is 0 Å². The standard InChI is InChI=1S/C15H17ClN2/c16-15-9-5-4-8-13(15)11-14(18-17)10-12-6-2-1-3-7-12/h1-9,14,18H,10-11,17H2. The summed E-state index contributed by atoms with van der Waals surface area (Å²) >= 11 is 6.16. The molecule has 0 amide bonds. The molecule has 0 saturated carbocycles. The van der Waals surface area contributed by atoms with E-state index in [9.17, 15) is 0 Å². The summed E-state index contributed by atoms with van der Waals surface area (Å²) in [6.07, 6.45) is 1.72. The number of hydrazine groups is 1. The van der Waals surface area contributed by atoms with Gasteiger partial charge >= 0.3 is 0 Å². The van der Waals surface area contributed by atoms with E-state index in [0.29, 0.717) is 0 Å². The van der Waals surface area contributed by atoms with Crippen LogP contribution in [-0.4, -0.2) is 6.04 Å². The molecule has 3 N–H and O–H groups in total. The van der Waals surface area contributed by atoms with E-state index in [1.807, 2.05) is 42.5 Å². The fourth-order valence-corrected chi connectivity index (χ4v) is 2.23. The maximum Gasteiger partial charge on any atom is 0.0438 e. The van der Waals surface area contributed by atoms with E-state index in [1.165, 1.54) is 5.56 Å². The third-order valence-corrected chi connectivity index (χ3v) is 3.35. The molecule has 2 aromatic rings. The summed E-state index contributed by atoms with van der Waals surface area (Å²) in [5.41, 5.74) is 5.26. The van der Waals surface area contributed by atoms with Gasteiger partial charge in [-0.05, 0) is 30.0 Å². The van der Waals surface area contributed by atoms with Gasteiger partial charge in [0, 0.05) is 11.1 Å². The number of hydrogen-bond acceptors (Lipinski definition) is 2. The van der Waals surface area contributed by atoms with Crippen LogP contribution in [0, 0.1) is 0 Å². The number of hydrogen-bond donors (Lipinski definition) is 2. The molecule has 0 fully saturated rings. The molecule has 2 aromatic carbocycles. The maximum atomic E-state index is 6.16. The number of halogens is 1. The Bertz CT molecular complexity index is 485.